The highest BCUT2D eigenvalue weighted by Gasteiger charge is 2.20. The largest absolute Gasteiger partial charge is 0.396 e. The van der Waals surface area contributed by atoms with Gasteiger partial charge in [0.25, 0.3) is 0 Å². The van der Waals surface area contributed by atoms with E-state index < -0.39 is 0 Å². The maximum atomic E-state index is 5.95. The lowest BCUT2D eigenvalue weighted by molar-refractivity contribution is 0.285. The van der Waals surface area contributed by atoms with E-state index in [0.717, 1.165) is 30.4 Å². The average molecular weight is 234 g/mol. The molecule has 2 heterocycles. The smallest absolute Gasteiger partial charge is 0.0738 e. The number of hydrogen-bond donors (Lipinski definition) is 1. The second kappa shape index (κ2) is 5.36. The van der Waals surface area contributed by atoms with Gasteiger partial charge in [-0.05, 0) is 38.9 Å². The number of piperidine rings is 1. The van der Waals surface area contributed by atoms with Crippen LogP contribution in [0.1, 0.15) is 12.8 Å². The van der Waals surface area contributed by atoms with Crippen molar-refractivity contribution in [2.75, 3.05) is 44.4 Å². The summed E-state index contributed by atoms with van der Waals surface area (Å²) in [5.74, 6) is 0.823. The van der Waals surface area contributed by atoms with Gasteiger partial charge in [-0.1, -0.05) is 0 Å². The monoisotopic (exact) mass is 234 g/mol. The van der Waals surface area contributed by atoms with Gasteiger partial charge in [0.1, 0.15) is 0 Å². The van der Waals surface area contributed by atoms with Crippen molar-refractivity contribution in [3.05, 3.63) is 18.5 Å². The fourth-order valence-electron chi connectivity index (χ4n) is 2.56. The van der Waals surface area contributed by atoms with Gasteiger partial charge in [-0.15, -0.1) is 0 Å². The molecule has 1 saturated heterocycles. The molecule has 1 fully saturated rings. The van der Waals surface area contributed by atoms with Gasteiger partial charge in [0, 0.05) is 25.8 Å². The number of nitrogens with zero attached hydrogens (tertiary/aromatic N) is 3. The summed E-state index contributed by atoms with van der Waals surface area (Å²) in [7, 11) is 4.29. The Hall–Kier alpha value is -1.29. The molecule has 0 spiro atoms. The molecule has 0 aliphatic carbocycles. The third kappa shape index (κ3) is 3.09. The Labute approximate surface area is 103 Å². The van der Waals surface area contributed by atoms with Crippen molar-refractivity contribution in [1.82, 2.24) is 9.88 Å². The summed E-state index contributed by atoms with van der Waals surface area (Å²) in [5.41, 5.74) is 7.89. The maximum absolute atomic E-state index is 5.95. The van der Waals surface area contributed by atoms with Crippen LogP contribution in [0, 0.1) is 5.92 Å². The third-order valence-corrected chi connectivity index (χ3v) is 3.41. The quantitative estimate of drug-likeness (QED) is 0.859. The molecule has 1 aliphatic rings. The lowest BCUT2D eigenvalue weighted by Crippen LogP contribution is -2.37. The number of rotatable bonds is 3. The molecule has 1 aliphatic heterocycles. The summed E-state index contributed by atoms with van der Waals surface area (Å²) in [6.45, 7) is 3.40. The van der Waals surface area contributed by atoms with Gasteiger partial charge in [0.2, 0.25) is 0 Å². The van der Waals surface area contributed by atoms with Crippen molar-refractivity contribution in [3.63, 3.8) is 0 Å². The van der Waals surface area contributed by atoms with Gasteiger partial charge in [0.15, 0.2) is 0 Å². The first-order valence-electron chi connectivity index (χ1n) is 6.26. The molecule has 0 atom stereocenters. The van der Waals surface area contributed by atoms with Crippen LogP contribution in [0.15, 0.2) is 18.5 Å². The molecular weight excluding hydrogens is 212 g/mol. The molecule has 4 heteroatoms. The highest BCUT2D eigenvalue weighted by molar-refractivity contribution is 5.66. The standard InChI is InChI=1S/C13H22N4/c1-16(2)10-11-4-7-17(8-5-11)13-3-6-15-9-12(13)14/h3,6,9,11H,4-5,7-8,10,14H2,1-2H3. The Morgan fingerprint density at radius 2 is 2.12 bits per heavy atom. The van der Waals surface area contributed by atoms with E-state index >= 15 is 0 Å². The highest BCUT2D eigenvalue weighted by Crippen LogP contribution is 2.27. The van der Waals surface area contributed by atoms with E-state index in [1.807, 2.05) is 12.3 Å². The maximum Gasteiger partial charge on any atom is 0.0738 e. The third-order valence-electron chi connectivity index (χ3n) is 3.41. The Morgan fingerprint density at radius 3 is 2.71 bits per heavy atom. The molecule has 4 nitrogen and oxygen atoms in total. The van der Waals surface area contributed by atoms with Gasteiger partial charge in [-0.2, -0.15) is 0 Å². The van der Waals surface area contributed by atoms with Crippen molar-refractivity contribution < 1.29 is 0 Å². The summed E-state index contributed by atoms with van der Waals surface area (Å²) in [6, 6.07) is 2.02. The average Bonchev–Trinajstić information content (AvgIpc) is 2.30. The Bertz CT molecular complexity index is 356. The lowest BCUT2D eigenvalue weighted by atomic mass is 9.96. The number of aromatic nitrogens is 1. The van der Waals surface area contributed by atoms with Crippen LogP contribution in [-0.2, 0) is 0 Å². The predicted molar refractivity (Wildman–Crippen MR) is 72.1 cm³/mol. The van der Waals surface area contributed by atoms with Crippen LogP contribution in [0.25, 0.3) is 0 Å². The first-order valence-corrected chi connectivity index (χ1v) is 6.26. The topological polar surface area (TPSA) is 45.4 Å². The summed E-state index contributed by atoms with van der Waals surface area (Å²) < 4.78 is 0. The van der Waals surface area contributed by atoms with Gasteiger partial charge in [-0.25, -0.2) is 0 Å². The second-order valence-corrected chi connectivity index (χ2v) is 5.13. The molecule has 94 valence electrons. The summed E-state index contributed by atoms with van der Waals surface area (Å²) in [4.78, 5) is 8.69. The van der Waals surface area contributed by atoms with Crippen molar-refractivity contribution in [1.29, 1.82) is 0 Å². The van der Waals surface area contributed by atoms with E-state index in [4.69, 9.17) is 5.73 Å². The minimum absolute atomic E-state index is 0.790. The van der Waals surface area contributed by atoms with E-state index in [2.05, 4.69) is 28.9 Å². The molecule has 1 aromatic heterocycles. The number of nitrogen functional groups attached to an aromatic ring is 1. The fraction of sp³-hybridized carbons (Fsp3) is 0.615. The minimum atomic E-state index is 0.790. The van der Waals surface area contributed by atoms with Crippen LogP contribution in [0.5, 0.6) is 0 Å². The highest BCUT2D eigenvalue weighted by atomic mass is 15.1. The summed E-state index contributed by atoms with van der Waals surface area (Å²) in [5, 5.41) is 0. The molecule has 1 aromatic rings. The Morgan fingerprint density at radius 1 is 1.41 bits per heavy atom. The van der Waals surface area contributed by atoms with Crippen LogP contribution in [0.3, 0.4) is 0 Å². The van der Waals surface area contributed by atoms with Crippen LogP contribution in [0.2, 0.25) is 0 Å². The molecule has 2 rings (SSSR count). The molecule has 0 saturated carbocycles. The molecule has 2 N–H and O–H groups in total. The first-order chi connectivity index (χ1) is 8.16. The molecule has 0 radical (unpaired) electrons. The number of anilines is 2. The van der Waals surface area contributed by atoms with Crippen LogP contribution < -0.4 is 10.6 Å². The van der Waals surface area contributed by atoms with Crippen molar-refractivity contribution in [3.8, 4) is 0 Å². The predicted octanol–water partition coefficient (Wildman–Crippen LogP) is 1.44. The first kappa shape index (κ1) is 12.2. The van der Waals surface area contributed by atoms with Crippen LogP contribution >= 0.6 is 0 Å². The molecule has 0 amide bonds. The number of pyridine rings is 1. The van der Waals surface area contributed by atoms with Gasteiger partial charge in [0.05, 0.1) is 17.6 Å². The van der Waals surface area contributed by atoms with Crippen molar-refractivity contribution >= 4 is 11.4 Å². The molecule has 0 bridgehead atoms. The van der Waals surface area contributed by atoms with E-state index in [-0.39, 0.29) is 0 Å². The number of hydrogen-bond acceptors (Lipinski definition) is 4. The van der Waals surface area contributed by atoms with Gasteiger partial charge < -0.3 is 15.5 Å². The van der Waals surface area contributed by atoms with E-state index in [0.29, 0.717) is 0 Å². The summed E-state index contributed by atoms with van der Waals surface area (Å²) >= 11 is 0. The SMILES string of the molecule is CN(C)CC1CCN(c2ccncc2N)CC1. The Kier molecular flexibility index (Phi) is 3.84. The van der Waals surface area contributed by atoms with E-state index in [1.54, 1.807) is 6.20 Å². The van der Waals surface area contributed by atoms with E-state index in [1.165, 1.54) is 19.4 Å². The molecule has 0 unspecified atom stereocenters. The molecular formula is C13H22N4. The van der Waals surface area contributed by atoms with E-state index in [9.17, 15) is 0 Å². The normalized spacial score (nSPS) is 17.7. The zero-order valence-electron chi connectivity index (χ0n) is 10.8. The Balaban J connectivity index is 1.93. The van der Waals surface area contributed by atoms with Crippen molar-refractivity contribution in [2.45, 2.75) is 12.8 Å². The van der Waals surface area contributed by atoms with Gasteiger partial charge >= 0.3 is 0 Å². The van der Waals surface area contributed by atoms with Gasteiger partial charge in [-0.3, -0.25) is 4.98 Å². The molecule has 0 aromatic carbocycles. The molecule has 17 heavy (non-hydrogen) atoms. The van der Waals surface area contributed by atoms with Crippen molar-refractivity contribution in [2.24, 2.45) is 5.92 Å². The zero-order chi connectivity index (χ0) is 12.3. The minimum Gasteiger partial charge on any atom is -0.396 e. The number of nitrogens with two attached hydrogens (primary N) is 1. The lowest BCUT2D eigenvalue weighted by Gasteiger charge is -2.35. The fourth-order valence-corrected chi connectivity index (χ4v) is 2.56. The zero-order valence-corrected chi connectivity index (χ0v) is 10.8. The van der Waals surface area contributed by atoms with Crippen LogP contribution in [-0.4, -0.2) is 43.6 Å². The second-order valence-electron chi connectivity index (χ2n) is 5.13. The van der Waals surface area contributed by atoms with Crippen LogP contribution in [0.4, 0.5) is 11.4 Å². The summed E-state index contributed by atoms with van der Waals surface area (Å²) in [6.07, 6.45) is 6.05.